The third kappa shape index (κ3) is 3.40. The normalized spacial score (nSPS) is 12.5. The van der Waals surface area contributed by atoms with E-state index in [1.165, 1.54) is 12.1 Å². The Kier molecular flexibility index (Phi) is 5.06. The molecule has 0 aliphatic rings. The van der Waals surface area contributed by atoms with Crippen LogP contribution in [0.15, 0.2) is 36.4 Å². The smallest absolute Gasteiger partial charge is 0.124 e. The molecule has 0 amide bonds. The van der Waals surface area contributed by atoms with Crippen molar-refractivity contribution in [1.29, 1.82) is 0 Å². The highest BCUT2D eigenvalue weighted by Crippen LogP contribution is 2.32. The molecule has 0 bridgehead atoms. The molecular weight excluding hydrogens is 399 g/mol. The average molecular weight is 410 g/mol. The zero-order valence-corrected chi connectivity index (χ0v) is 13.7. The van der Waals surface area contributed by atoms with Gasteiger partial charge in [0.05, 0.1) is 6.04 Å². The monoisotopic (exact) mass is 409 g/mol. The summed E-state index contributed by atoms with van der Waals surface area (Å²) in [5.74, 6) is -0.245. The fourth-order valence-electron chi connectivity index (χ4n) is 1.95. The van der Waals surface area contributed by atoms with Crippen molar-refractivity contribution < 1.29 is 4.39 Å². The van der Waals surface area contributed by atoms with Crippen LogP contribution in [0.4, 0.5) is 4.39 Å². The summed E-state index contributed by atoms with van der Waals surface area (Å²) in [5, 5.41) is 4.39. The Morgan fingerprint density at radius 3 is 2.37 bits per heavy atom. The van der Waals surface area contributed by atoms with E-state index in [1.807, 2.05) is 13.1 Å². The second kappa shape index (κ2) is 6.39. The molecule has 2 rings (SSSR count). The first kappa shape index (κ1) is 15.0. The molecule has 0 saturated carbocycles. The van der Waals surface area contributed by atoms with Crippen LogP contribution in [0.1, 0.15) is 17.2 Å². The molecule has 1 nitrogen and oxygen atoms in total. The molecule has 0 aliphatic heterocycles. The van der Waals surface area contributed by atoms with Crippen molar-refractivity contribution in [3.63, 3.8) is 0 Å². The SMILES string of the molecule is CNC(c1ccc(Cl)cc1Cl)c1ccc(F)cc1I. The molecule has 0 heterocycles. The summed E-state index contributed by atoms with van der Waals surface area (Å²) in [5.41, 5.74) is 1.90. The van der Waals surface area contributed by atoms with Gasteiger partial charge in [-0.05, 0) is 65.0 Å². The standard InChI is InChI=1S/C14H11Cl2FIN/c1-19-14(10-4-2-8(15)6-12(10)16)11-5-3-9(17)7-13(11)18/h2-7,14,19H,1H3. The summed E-state index contributed by atoms with van der Waals surface area (Å²) in [7, 11) is 1.84. The lowest BCUT2D eigenvalue weighted by atomic mass is 9.99. The number of hydrogen-bond acceptors (Lipinski definition) is 1. The lowest BCUT2D eigenvalue weighted by Gasteiger charge is -2.20. The molecule has 0 fully saturated rings. The molecule has 0 aromatic heterocycles. The van der Waals surface area contributed by atoms with Gasteiger partial charge in [-0.2, -0.15) is 0 Å². The van der Waals surface area contributed by atoms with Crippen molar-refractivity contribution in [2.75, 3.05) is 7.05 Å². The zero-order chi connectivity index (χ0) is 14.0. The largest absolute Gasteiger partial charge is 0.309 e. The number of benzene rings is 2. The molecule has 19 heavy (non-hydrogen) atoms. The minimum Gasteiger partial charge on any atom is -0.309 e. The van der Waals surface area contributed by atoms with Gasteiger partial charge >= 0.3 is 0 Å². The van der Waals surface area contributed by atoms with Gasteiger partial charge in [0.25, 0.3) is 0 Å². The summed E-state index contributed by atoms with van der Waals surface area (Å²) in [6, 6.07) is 10.0. The zero-order valence-electron chi connectivity index (χ0n) is 10.1. The number of rotatable bonds is 3. The second-order valence-electron chi connectivity index (χ2n) is 4.05. The minimum absolute atomic E-state index is 0.0998. The molecule has 0 radical (unpaired) electrons. The van der Waals surface area contributed by atoms with Crippen LogP contribution in [-0.4, -0.2) is 7.05 Å². The number of nitrogens with one attached hydrogen (secondary N) is 1. The third-order valence-electron chi connectivity index (χ3n) is 2.84. The Labute approximate surface area is 135 Å². The van der Waals surface area contributed by atoms with Gasteiger partial charge < -0.3 is 5.32 Å². The maximum Gasteiger partial charge on any atom is 0.124 e. The first-order valence-electron chi connectivity index (χ1n) is 5.60. The van der Waals surface area contributed by atoms with Gasteiger partial charge in [0.2, 0.25) is 0 Å². The van der Waals surface area contributed by atoms with Crippen LogP contribution >= 0.6 is 45.8 Å². The molecular formula is C14H11Cl2FIN. The van der Waals surface area contributed by atoms with Gasteiger partial charge in [0.15, 0.2) is 0 Å². The Bertz CT molecular complexity index is 552. The molecule has 1 N–H and O–H groups in total. The highest BCUT2D eigenvalue weighted by atomic mass is 127. The van der Waals surface area contributed by atoms with Crippen molar-refractivity contribution >= 4 is 45.8 Å². The highest BCUT2D eigenvalue weighted by Gasteiger charge is 2.18. The molecule has 2 aromatic rings. The van der Waals surface area contributed by atoms with Gasteiger partial charge in [0.1, 0.15) is 5.82 Å². The molecule has 1 unspecified atom stereocenters. The summed E-state index contributed by atoms with van der Waals surface area (Å²) in [6.07, 6.45) is 0. The van der Waals surface area contributed by atoms with E-state index in [0.717, 1.165) is 14.7 Å². The van der Waals surface area contributed by atoms with Crippen molar-refractivity contribution in [3.05, 3.63) is 67.0 Å². The summed E-state index contributed by atoms with van der Waals surface area (Å²) in [4.78, 5) is 0. The summed E-state index contributed by atoms with van der Waals surface area (Å²) in [6.45, 7) is 0. The maximum atomic E-state index is 13.2. The molecule has 0 spiro atoms. The fraction of sp³-hybridized carbons (Fsp3) is 0.143. The molecule has 1 atom stereocenters. The first-order valence-corrected chi connectivity index (χ1v) is 7.43. The predicted octanol–water partition coefficient (Wildman–Crippen LogP) is 5.05. The van der Waals surface area contributed by atoms with Gasteiger partial charge in [0, 0.05) is 13.6 Å². The van der Waals surface area contributed by atoms with Crippen LogP contribution in [-0.2, 0) is 0 Å². The minimum atomic E-state index is -0.245. The topological polar surface area (TPSA) is 12.0 Å². The maximum absolute atomic E-state index is 13.2. The molecule has 5 heteroatoms. The van der Waals surface area contributed by atoms with Crippen molar-refractivity contribution in [2.24, 2.45) is 0 Å². The Morgan fingerprint density at radius 1 is 1.11 bits per heavy atom. The lowest BCUT2D eigenvalue weighted by molar-refractivity contribution is 0.621. The van der Waals surface area contributed by atoms with Crippen molar-refractivity contribution in [1.82, 2.24) is 5.32 Å². The van der Waals surface area contributed by atoms with E-state index in [9.17, 15) is 4.39 Å². The summed E-state index contributed by atoms with van der Waals surface area (Å²) >= 11 is 14.3. The Balaban J connectivity index is 2.50. The lowest BCUT2D eigenvalue weighted by Crippen LogP contribution is -2.19. The van der Waals surface area contributed by atoms with Crippen molar-refractivity contribution in [2.45, 2.75) is 6.04 Å². The molecule has 0 saturated heterocycles. The Morgan fingerprint density at radius 2 is 1.79 bits per heavy atom. The van der Waals surface area contributed by atoms with E-state index in [2.05, 4.69) is 27.9 Å². The van der Waals surface area contributed by atoms with E-state index in [0.29, 0.717) is 10.0 Å². The van der Waals surface area contributed by atoms with E-state index in [4.69, 9.17) is 23.2 Å². The van der Waals surface area contributed by atoms with Gasteiger partial charge in [-0.1, -0.05) is 35.3 Å². The summed E-state index contributed by atoms with van der Waals surface area (Å²) < 4.78 is 14.0. The number of hydrogen-bond donors (Lipinski definition) is 1. The van der Waals surface area contributed by atoms with Gasteiger partial charge in [-0.25, -0.2) is 4.39 Å². The predicted molar refractivity (Wildman–Crippen MR) is 86.5 cm³/mol. The van der Waals surface area contributed by atoms with Crippen LogP contribution < -0.4 is 5.32 Å². The van der Waals surface area contributed by atoms with Crippen LogP contribution in [0.3, 0.4) is 0 Å². The van der Waals surface area contributed by atoms with E-state index >= 15 is 0 Å². The third-order valence-corrected chi connectivity index (χ3v) is 4.33. The average Bonchev–Trinajstić information content (AvgIpc) is 2.34. The fourth-order valence-corrected chi connectivity index (χ4v) is 3.26. The Hall–Kier alpha value is -0.360. The van der Waals surface area contributed by atoms with Crippen LogP contribution in [0.25, 0.3) is 0 Å². The highest BCUT2D eigenvalue weighted by molar-refractivity contribution is 14.1. The van der Waals surface area contributed by atoms with E-state index < -0.39 is 0 Å². The van der Waals surface area contributed by atoms with Crippen LogP contribution in [0, 0.1) is 9.39 Å². The van der Waals surface area contributed by atoms with Gasteiger partial charge in [-0.15, -0.1) is 0 Å². The van der Waals surface area contributed by atoms with Gasteiger partial charge in [-0.3, -0.25) is 0 Å². The molecule has 100 valence electrons. The van der Waals surface area contributed by atoms with E-state index in [-0.39, 0.29) is 11.9 Å². The second-order valence-corrected chi connectivity index (χ2v) is 6.06. The van der Waals surface area contributed by atoms with Crippen molar-refractivity contribution in [3.8, 4) is 0 Å². The molecule has 0 aliphatic carbocycles. The first-order chi connectivity index (χ1) is 9.02. The molecule has 2 aromatic carbocycles. The quantitative estimate of drug-likeness (QED) is 0.699. The van der Waals surface area contributed by atoms with E-state index in [1.54, 1.807) is 18.2 Å². The number of halogens is 4. The van der Waals surface area contributed by atoms with Crippen LogP contribution in [0.5, 0.6) is 0 Å². The van der Waals surface area contributed by atoms with Crippen LogP contribution in [0.2, 0.25) is 10.0 Å².